The Hall–Kier alpha value is -2.42. The number of alkyl halides is 3. The van der Waals surface area contributed by atoms with E-state index < -0.39 is 23.3 Å². The van der Waals surface area contributed by atoms with Gasteiger partial charge in [-0.2, -0.15) is 13.2 Å². The normalized spacial score (nSPS) is 14.8. The summed E-state index contributed by atoms with van der Waals surface area (Å²) in [6.45, 7) is 4.21. The molecule has 0 unspecified atom stereocenters. The van der Waals surface area contributed by atoms with Crippen LogP contribution >= 0.6 is 11.3 Å². The maximum Gasteiger partial charge on any atom is 0.417 e. The number of pyridine rings is 1. The average molecular weight is 425 g/mol. The van der Waals surface area contributed by atoms with Crippen molar-refractivity contribution < 1.29 is 23.1 Å². The van der Waals surface area contributed by atoms with Crippen LogP contribution in [0.4, 0.5) is 24.1 Å². The van der Waals surface area contributed by atoms with Crippen LogP contribution in [0.3, 0.4) is 0 Å². The van der Waals surface area contributed by atoms with E-state index in [4.69, 9.17) is 0 Å². The number of carboxylic acid groups (broad SMARTS) is 1. The van der Waals surface area contributed by atoms with Gasteiger partial charge in [0.25, 0.3) is 0 Å². The molecule has 29 heavy (non-hydrogen) atoms. The zero-order chi connectivity index (χ0) is 21.2. The molecule has 0 aliphatic heterocycles. The van der Waals surface area contributed by atoms with Crippen molar-refractivity contribution in [2.45, 2.75) is 52.1 Å². The van der Waals surface area contributed by atoms with E-state index >= 15 is 0 Å². The molecular formula is C20H22F3N3O2S. The van der Waals surface area contributed by atoms with Gasteiger partial charge in [-0.3, -0.25) is 0 Å². The van der Waals surface area contributed by atoms with E-state index in [1.54, 1.807) is 0 Å². The third kappa shape index (κ3) is 5.14. The third-order valence-electron chi connectivity index (χ3n) is 4.56. The SMILES string of the molecule is CC(C)Cc1sc(Nc2ncc(C(F)(F)F)cc2C(=O)O)nc1C1=CCCCC1. The van der Waals surface area contributed by atoms with Crippen LogP contribution in [0, 0.1) is 5.92 Å². The van der Waals surface area contributed by atoms with Crippen LogP contribution in [0.15, 0.2) is 18.3 Å². The van der Waals surface area contributed by atoms with Crippen molar-refractivity contribution >= 4 is 33.8 Å². The Bertz CT molecular complexity index is 936. The van der Waals surface area contributed by atoms with Gasteiger partial charge in [-0.15, -0.1) is 11.3 Å². The van der Waals surface area contributed by atoms with E-state index in [0.29, 0.717) is 23.3 Å². The summed E-state index contributed by atoms with van der Waals surface area (Å²) in [6, 6.07) is 0.588. The summed E-state index contributed by atoms with van der Waals surface area (Å²) < 4.78 is 38.7. The van der Waals surface area contributed by atoms with E-state index in [1.165, 1.54) is 16.9 Å². The highest BCUT2D eigenvalue weighted by atomic mass is 32.1. The molecule has 2 heterocycles. The Morgan fingerprint density at radius 2 is 2.10 bits per heavy atom. The molecule has 0 aromatic carbocycles. The van der Waals surface area contributed by atoms with Crippen LogP contribution in [0.5, 0.6) is 0 Å². The van der Waals surface area contributed by atoms with Gasteiger partial charge in [0.05, 0.1) is 11.3 Å². The lowest BCUT2D eigenvalue weighted by Crippen LogP contribution is -2.11. The van der Waals surface area contributed by atoms with E-state index in [9.17, 15) is 23.1 Å². The van der Waals surface area contributed by atoms with Gasteiger partial charge in [0.1, 0.15) is 11.4 Å². The maximum atomic E-state index is 12.9. The topological polar surface area (TPSA) is 75.1 Å². The lowest BCUT2D eigenvalue weighted by atomic mass is 9.95. The first-order valence-electron chi connectivity index (χ1n) is 9.41. The Kier molecular flexibility index (Phi) is 6.26. The molecule has 0 fully saturated rings. The molecule has 0 atom stereocenters. The minimum Gasteiger partial charge on any atom is -0.478 e. The number of rotatable bonds is 6. The lowest BCUT2D eigenvalue weighted by molar-refractivity contribution is -0.137. The van der Waals surface area contributed by atoms with Crippen molar-refractivity contribution in [2.24, 2.45) is 5.92 Å². The van der Waals surface area contributed by atoms with Crippen LogP contribution in [0.25, 0.3) is 5.57 Å². The van der Waals surface area contributed by atoms with Gasteiger partial charge >= 0.3 is 12.1 Å². The highest BCUT2D eigenvalue weighted by Gasteiger charge is 2.32. The van der Waals surface area contributed by atoms with Crippen molar-refractivity contribution in [1.82, 2.24) is 9.97 Å². The van der Waals surface area contributed by atoms with Crippen molar-refractivity contribution in [2.75, 3.05) is 5.32 Å². The fourth-order valence-electron chi connectivity index (χ4n) is 3.20. The van der Waals surface area contributed by atoms with Crippen molar-refractivity contribution in [3.05, 3.63) is 40.0 Å². The summed E-state index contributed by atoms with van der Waals surface area (Å²) in [5.41, 5.74) is 0.428. The molecule has 156 valence electrons. The largest absolute Gasteiger partial charge is 0.478 e. The van der Waals surface area contributed by atoms with Gasteiger partial charge < -0.3 is 10.4 Å². The first kappa shape index (κ1) is 21.3. The Morgan fingerprint density at radius 1 is 1.34 bits per heavy atom. The van der Waals surface area contributed by atoms with Gasteiger partial charge in [-0.05, 0) is 49.7 Å². The van der Waals surface area contributed by atoms with E-state index in [-0.39, 0.29) is 5.82 Å². The number of nitrogens with zero attached hydrogens (tertiary/aromatic N) is 2. The molecular weight excluding hydrogens is 403 g/mol. The maximum absolute atomic E-state index is 12.9. The summed E-state index contributed by atoms with van der Waals surface area (Å²) in [5, 5.41) is 12.6. The first-order chi connectivity index (χ1) is 13.6. The molecule has 0 saturated carbocycles. The second-order valence-electron chi connectivity index (χ2n) is 7.41. The monoisotopic (exact) mass is 425 g/mol. The van der Waals surface area contributed by atoms with Crippen LogP contribution in [-0.4, -0.2) is 21.0 Å². The van der Waals surface area contributed by atoms with E-state index in [0.717, 1.165) is 42.7 Å². The molecule has 0 saturated heterocycles. The van der Waals surface area contributed by atoms with Crippen molar-refractivity contribution in [3.8, 4) is 0 Å². The molecule has 9 heteroatoms. The van der Waals surface area contributed by atoms with Gasteiger partial charge in [-0.1, -0.05) is 19.9 Å². The number of carboxylic acids is 1. The highest BCUT2D eigenvalue weighted by molar-refractivity contribution is 7.15. The number of allylic oxidation sites excluding steroid dienone is 2. The highest BCUT2D eigenvalue weighted by Crippen LogP contribution is 2.37. The standard InChI is InChI=1S/C20H22F3N3O2S/c1-11(2)8-15-16(12-6-4-3-5-7-12)25-19(29-15)26-17-14(18(27)28)9-13(10-24-17)20(21,22)23/h6,9-11H,3-5,7-8H2,1-2H3,(H,27,28)(H,24,25,26). The first-order valence-corrected chi connectivity index (χ1v) is 10.2. The number of anilines is 2. The Morgan fingerprint density at radius 3 is 2.69 bits per heavy atom. The van der Waals surface area contributed by atoms with Crippen LogP contribution in [0.1, 0.15) is 66.0 Å². The number of hydrogen-bond donors (Lipinski definition) is 2. The van der Waals surface area contributed by atoms with Crippen LogP contribution in [0.2, 0.25) is 0 Å². The number of aromatic carboxylic acids is 1. The molecule has 0 spiro atoms. The predicted octanol–water partition coefficient (Wildman–Crippen LogP) is 6.15. The second-order valence-corrected chi connectivity index (χ2v) is 8.50. The summed E-state index contributed by atoms with van der Waals surface area (Å²) in [4.78, 5) is 20.9. The number of thiazole rings is 1. The quantitative estimate of drug-likeness (QED) is 0.580. The summed E-state index contributed by atoms with van der Waals surface area (Å²) in [7, 11) is 0. The number of carbonyl (C=O) groups is 1. The van der Waals surface area contributed by atoms with Crippen molar-refractivity contribution in [3.63, 3.8) is 0 Å². The van der Waals surface area contributed by atoms with Crippen LogP contribution in [-0.2, 0) is 12.6 Å². The molecule has 2 N–H and O–H groups in total. The molecule has 2 aromatic heterocycles. The number of halogens is 3. The van der Waals surface area contributed by atoms with Gasteiger partial charge in [0, 0.05) is 11.1 Å². The molecule has 0 bridgehead atoms. The number of nitrogens with one attached hydrogen (secondary N) is 1. The molecule has 5 nitrogen and oxygen atoms in total. The van der Waals surface area contributed by atoms with Gasteiger partial charge in [0.15, 0.2) is 5.13 Å². The molecule has 2 aromatic rings. The number of hydrogen-bond acceptors (Lipinski definition) is 5. The van der Waals surface area contributed by atoms with E-state index in [2.05, 4.69) is 35.2 Å². The zero-order valence-electron chi connectivity index (χ0n) is 16.1. The predicted molar refractivity (Wildman–Crippen MR) is 107 cm³/mol. The zero-order valence-corrected chi connectivity index (χ0v) is 17.0. The Labute approximate surface area is 170 Å². The van der Waals surface area contributed by atoms with Crippen molar-refractivity contribution in [1.29, 1.82) is 0 Å². The van der Waals surface area contributed by atoms with Gasteiger partial charge in [0.2, 0.25) is 0 Å². The molecule has 1 aliphatic carbocycles. The smallest absolute Gasteiger partial charge is 0.417 e. The minimum atomic E-state index is -4.66. The number of aromatic nitrogens is 2. The summed E-state index contributed by atoms with van der Waals surface area (Å²) >= 11 is 1.39. The average Bonchev–Trinajstić information content (AvgIpc) is 3.03. The second kappa shape index (κ2) is 8.52. The van der Waals surface area contributed by atoms with Crippen LogP contribution < -0.4 is 5.32 Å². The molecule has 3 rings (SSSR count). The van der Waals surface area contributed by atoms with E-state index in [1.807, 2.05) is 0 Å². The Balaban J connectivity index is 1.96. The third-order valence-corrected chi connectivity index (χ3v) is 5.55. The molecule has 1 aliphatic rings. The fourth-order valence-corrected chi connectivity index (χ4v) is 4.41. The molecule has 0 radical (unpaired) electrons. The summed E-state index contributed by atoms with van der Waals surface area (Å²) in [6.07, 6.45) is 3.15. The fraction of sp³-hybridized carbons (Fsp3) is 0.450. The minimum absolute atomic E-state index is 0.153. The van der Waals surface area contributed by atoms with Gasteiger partial charge in [-0.25, -0.2) is 14.8 Å². The lowest BCUT2D eigenvalue weighted by Gasteiger charge is -2.13. The summed E-state index contributed by atoms with van der Waals surface area (Å²) in [5.74, 6) is -1.23. The molecule has 0 amide bonds.